The fraction of sp³-hybridized carbons (Fsp3) is 0.208. The van der Waals surface area contributed by atoms with Crippen molar-refractivity contribution in [3.8, 4) is 0 Å². The topological polar surface area (TPSA) is 174 Å². The molecule has 4 aromatic rings. The van der Waals surface area contributed by atoms with Crippen molar-refractivity contribution >= 4 is 28.5 Å². The molecule has 5 atom stereocenters. The fourth-order valence-electron chi connectivity index (χ4n) is 4.30. The summed E-state index contributed by atoms with van der Waals surface area (Å²) in [5, 5.41) is 34.0. The van der Waals surface area contributed by atoms with Gasteiger partial charge in [-0.2, -0.15) is 0 Å². The zero-order valence-electron chi connectivity index (χ0n) is 18.2. The average molecular weight is 475 g/mol. The first-order chi connectivity index (χ1) is 16.8. The molecule has 3 heterocycles. The van der Waals surface area contributed by atoms with Crippen LogP contribution in [0, 0.1) is 0 Å². The van der Waals surface area contributed by atoms with E-state index in [-0.39, 0.29) is 28.1 Å². The molecule has 5 rings (SSSR count). The summed E-state index contributed by atoms with van der Waals surface area (Å²) >= 11 is 0. The lowest BCUT2D eigenvalue weighted by atomic mass is 9.80. The van der Waals surface area contributed by atoms with Gasteiger partial charge in [-0.05, 0) is 0 Å². The first-order valence-electron chi connectivity index (χ1n) is 10.7. The minimum Gasteiger partial charge on any atom is -0.385 e. The first-order valence-corrected chi connectivity index (χ1v) is 10.7. The third-order valence-corrected chi connectivity index (χ3v) is 6.12. The molecule has 0 spiro atoms. The predicted octanol–water partition coefficient (Wildman–Crippen LogP) is 0.525. The van der Waals surface area contributed by atoms with Crippen molar-refractivity contribution in [2.24, 2.45) is 0 Å². The number of fused-ring (bicyclic) bond motifs is 1. The van der Waals surface area contributed by atoms with Crippen molar-refractivity contribution < 1.29 is 29.6 Å². The SMILES string of the molecule is Nc1ncnc2c1ncn2[C@@H]1O[C@H](C(O)C(=O)c2ccccc2)[C@](O)(C(=O)c2ccccc2)[C@H]1O. The second-order valence-corrected chi connectivity index (χ2v) is 8.17. The van der Waals surface area contributed by atoms with Crippen LogP contribution in [0.5, 0.6) is 0 Å². The molecule has 1 saturated heterocycles. The van der Waals surface area contributed by atoms with Crippen molar-refractivity contribution in [2.75, 3.05) is 5.73 Å². The molecule has 1 fully saturated rings. The van der Waals surface area contributed by atoms with Gasteiger partial charge in [-0.15, -0.1) is 0 Å². The molecule has 5 N–H and O–H groups in total. The van der Waals surface area contributed by atoms with Gasteiger partial charge in [0.25, 0.3) is 0 Å². The Balaban J connectivity index is 1.60. The Morgan fingerprint density at radius 3 is 2.29 bits per heavy atom. The van der Waals surface area contributed by atoms with Gasteiger partial charge >= 0.3 is 0 Å². The van der Waals surface area contributed by atoms with Gasteiger partial charge in [-0.1, -0.05) is 60.7 Å². The van der Waals surface area contributed by atoms with Gasteiger partial charge < -0.3 is 25.8 Å². The van der Waals surface area contributed by atoms with E-state index in [4.69, 9.17) is 10.5 Å². The number of hydrogen-bond acceptors (Lipinski definition) is 10. The maximum atomic E-state index is 13.5. The Bertz CT molecular complexity index is 1400. The zero-order valence-corrected chi connectivity index (χ0v) is 18.2. The Kier molecular flexibility index (Phi) is 5.61. The van der Waals surface area contributed by atoms with Crippen LogP contribution in [0.15, 0.2) is 73.3 Å². The molecule has 2 aromatic heterocycles. The lowest BCUT2D eigenvalue weighted by Gasteiger charge is -2.31. The van der Waals surface area contributed by atoms with Gasteiger partial charge in [-0.3, -0.25) is 14.2 Å². The summed E-state index contributed by atoms with van der Waals surface area (Å²) in [6.07, 6.45) is -4.71. The van der Waals surface area contributed by atoms with Crippen LogP contribution in [0.3, 0.4) is 0 Å². The predicted molar refractivity (Wildman–Crippen MR) is 122 cm³/mol. The molecule has 178 valence electrons. The van der Waals surface area contributed by atoms with E-state index in [9.17, 15) is 24.9 Å². The van der Waals surface area contributed by atoms with E-state index in [1.165, 1.54) is 41.5 Å². The quantitative estimate of drug-likeness (QED) is 0.288. The summed E-state index contributed by atoms with van der Waals surface area (Å²) in [7, 11) is 0. The van der Waals surface area contributed by atoms with Crippen LogP contribution in [0.1, 0.15) is 26.9 Å². The third-order valence-electron chi connectivity index (χ3n) is 6.12. The number of nitrogens with two attached hydrogens (primary N) is 1. The Morgan fingerprint density at radius 2 is 1.63 bits per heavy atom. The molecule has 2 aromatic carbocycles. The number of carbonyl (C=O) groups excluding carboxylic acids is 2. The summed E-state index contributed by atoms with van der Waals surface area (Å²) in [6, 6.07) is 15.6. The average Bonchev–Trinajstić information content (AvgIpc) is 3.44. The van der Waals surface area contributed by atoms with E-state index in [2.05, 4.69) is 15.0 Å². The van der Waals surface area contributed by atoms with Crippen LogP contribution in [0.2, 0.25) is 0 Å². The second kappa shape index (κ2) is 8.64. The van der Waals surface area contributed by atoms with Gasteiger partial charge in [0.2, 0.25) is 0 Å². The number of ketones is 2. The minimum absolute atomic E-state index is 0.0599. The Morgan fingerprint density at radius 1 is 1.00 bits per heavy atom. The number of anilines is 1. The van der Waals surface area contributed by atoms with Crippen molar-refractivity contribution in [3.05, 3.63) is 84.4 Å². The van der Waals surface area contributed by atoms with Crippen molar-refractivity contribution in [1.82, 2.24) is 19.5 Å². The van der Waals surface area contributed by atoms with Crippen LogP contribution >= 0.6 is 0 Å². The van der Waals surface area contributed by atoms with E-state index in [0.29, 0.717) is 0 Å². The number of aromatic nitrogens is 4. The monoisotopic (exact) mass is 475 g/mol. The fourth-order valence-corrected chi connectivity index (χ4v) is 4.30. The molecule has 1 aliphatic heterocycles. The maximum Gasteiger partial charge on any atom is 0.200 e. The second-order valence-electron chi connectivity index (χ2n) is 8.17. The summed E-state index contributed by atoms with van der Waals surface area (Å²) in [5.41, 5.74) is 3.74. The first kappa shape index (κ1) is 22.7. The molecular formula is C24H21N5O6. The van der Waals surface area contributed by atoms with E-state index in [0.717, 1.165) is 0 Å². The molecule has 1 unspecified atom stereocenters. The van der Waals surface area contributed by atoms with Crippen molar-refractivity contribution in [2.45, 2.75) is 30.1 Å². The molecule has 35 heavy (non-hydrogen) atoms. The number of benzene rings is 2. The van der Waals surface area contributed by atoms with Crippen LogP contribution in [0.4, 0.5) is 5.82 Å². The van der Waals surface area contributed by atoms with Gasteiger partial charge in [0, 0.05) is 11.1 Å². The Labute approximate surface area is 198 Å². The summed E-state index contributed by atoms with van der Waals surface area (Å²) in [5.74, 6) is -1.63. The van der Waals surface area contributed by atoms with E-state index in [1.54, 1.807) is 36.4 Å². The number of nitrogens with zero attached hydrogens (tertiary/aromatic N) is 4. The molecule has 0 amide bonds. The van der Waals surface area contributed by atoms with Crippen LogP contribution < -0.4 is 5.73 Å². The van der Waals surface area contributed by atoms with Gasteiger partial charge in [0.1, 0.15) is 30.2 Å². The van der Waals surface area contributed by atoms with Crippen LogP contribution in [-0.2, 0) is 4.74 Å². The summed E-state index contributed by atoms with van der Waals surface area (Å²) in [6.45, 7) is 0. The van der Waals surface area contributed by atoms with E-state index in [1.807, 2.05) is 0 Å². The van der Waals surface area contributed by atoms with Gasteiger partial charge in [-0.25, -0.2) is 15.0 Å². The highest BCUT2D eigenvalue weighted by atomic mass is 16.6. The molecule has 0 aliphatic carbocycles. The smallest absolute Gasteiger partial charge is 0.200 e. The van der Waals surface area contributed by atoms with Crippen LogP contribution in [0.25, 0.3) is 11.2 Å². The molecule has 0 radical (unpaired) electrons. The number of nitrogen functional groups attached to an aromatic ring is 1. The number of hydrogen-bond donors (Lipinski definition) is 4. The third kappa shape index (κ3) is 3.58. The highest BCUT2D eigenvalue weighted by Crippen LogP contribution is 2.42. The highest BCUT2D eigenvalue weighted by molar-refractivity contribution is 6.05. The van der Waals surface area contributed by atoms with Gasteiger partial charge in [0.05, 0.1) is 6.33 Å². The molecule has 11 heteroatoms. The Hall–Kier alpha value is -4.03. The van der Waals surface area contributed by atoms with Crippen molar-refractivity contribution in [1.29, 1.82) is 0 Å². The highest BCUT2D eigenvalue weighted by Gasteiger charge is 2.64. The zero-order chi connectivity index (χ0) is 24.7. The van der Waals surface area contributed by atoms with Crippen LogP contribution in [-0.4, -0.2) is 70.3 Å². The molecule has 1 aliphatic rings. The number of carbonyl (C=O) groups is 2. The van der Waals surface area contributed by atoms with E-state index >= 15 is 0 Å². The lowest BCUT2D eigenvalue weighted by molar-refractivity contribution is -0.0915. The minimum atomic E-state index is -2.69. The number of imidazole rings is 1. The largest absolute Gasteiger partial charge is 0.385 e. The number of ether oxygens (including phenoxy) is 1. The lowest BCUT2D eigenvalue weighted by Crippen LogP contribution is -2.59. The maximum absolute atomic E-state index is 13.5. The van der Waals surface area contributed by atoms with Crippen molar-refractivity contribution in [3.63, 3.8) is 0 Å². The number of Topliss-reactive ketones (excluding diaryl/α,β-unsaturated/α-hetero) is 2. The standard InChI is InChI=1S/C24H21N5O6/c25-21-15-22(27-11-26-21)29(12-28-15)23-19(33)24(34,18(32)14-9-5-2-6-10-14)20(35-23)17(31)16(30)13-7-3-1-4-8-13/h1-12,17,19-20,23,31,33-34H,(H2,25,26,27)/t17?,19-,20+,23+,24-/m0/s1. The number of aliphatic hydroxyl groups excluding tert-OH is 2. The number of rotatable bonds is 6. The molecule has 0 saturated carbocycles. The summed E-state index contributed by atoms with van der Waals surface area (Å²) < 4.78 is 7.12. The molecular weight excluding hydrogens is 454 g/mol. The molecule has 11 nitrogen and oxygen atoms in total. The van der Waals surface area contributed by atoms with E-state index < -0.39 is 41.7 Å². The summed E-state index contributed by atoms with van der Waals surface area (Å²) in [4.78, 5) is 38.6. The van der Waals surface area contributed by atoms with Gasteiger partial charge in [0.15, 0.2) is 34.9 Å². The number of aliphatic hydroxyl groups is 3. The normalized spacial score (nSPS) is 24.9. The molecule has 0 bridgehead atoms.